The van der Waals surface area contributed by atoms with E-state index < -0.39 is 32.4 Å². The number of nitrogens with two attached hydrogens (primary N) is 1. The van der Waals surface area contributed by atoms with Crippen LogP contribution in [0.2, 0.25) is 5.02 Å². The molecule has 0 bridgehead atoms. The van der Waals surface area contributed by atoms with Crippen molar-refractivity contribution in [3.05, 3.63) is 34.5 Å². The van der Waals surface area contributed by atoms with Crippen molar-refractivity contribution in [1.82, 2.24) is 9.78 Å². The van der Waals surface area contributed by atoms with Crippen LogP contribution in [0.15, 0.2) is 17.0 Å². The summed E-state index contributed by atoms with van der Waals surface area (Å²) in [5.41, 5.74) is 5.25. The van der Waals surface area contributed by atoms with Gasteiger partial charge in [-0.3, -0.25) is 9.40 Å². The van der Waals surface area contributed by atoms with Gasteiger partial charge in [-0.05, 0) is 13.0 Å². The molecule has 10 heteroatoms. The third-order valence-electron chi connectivity index (χ3n) is 2.82. The molecule has 0 radical (unpaired) electrons. The van der Waals surface area contributed by atoms with Gasteiger partial charge in [-0.15, -0.1) is 0 Å². The number of hydrogen-bond donors (Lipinski definition) is 2. The van der Waals surface area contributed by atoms with E-state index in [-0.39, 0.29) is 16.4 Å². The summed E-state index contributed by atoms with van der Waals surface area (Å²) in [4.78, 5) is -0.287. The Hall–Kier alpha value is -1.87. The molecule has 0 fully saturated rings. The first-order valence-electron chi connectivity index (χ1n) is 5.60. The number of aryl methyl sites for hydroxylation is 1. The van der Waals surface area contributed by atoms with E-state index in [1.54, 1.807) is 0 Å². The Kier molecular flexibility index (Phi) is 3.81. The van der Waals surface area contributed by atoms with Gasteiger partial charge in [-0.2, -0.15) is 5.10 Å². The van der Waals surface area contributed by atoms with E-state index in [1.807, 2.05) is 4.72 Å². The zero-order valence-electron chi connectivity index (χ0n) is 11.0. The van der Waals surface area contributed by atoms with Crippen LogP contribution >= 0.6 is 11.6 Å². The van der Waals surface area contributed by atoms with E-state index in [0.29, 0.717) is 6.07 Å². The number of benzene rings is 1. The summed E-state index contributed by atoms with van der Waals surface area (Å²) in [6.07, 6.45) is 0. The molecule has 0 spiro atoms. The van der Waals surface area contributed by atoms with E-state index >= 15 is 0 Å². The fourth-order valence-corrected chi connectivity index (χ4v) is 3.48. The predicted molar refractivity (Wildman–Crippen MR) is 74.5 cm³/mol. The second kappa shape index (κ2) is 5.15. The molecule has 2 aromatic rings. The summed E-state index contributed by atoms with van der Waals surface area (Å²) in [5.74, 6) is -2.29. The van der Waals surface area contributed by atoms with Crippen LogP contribution < -0.4 is 10.5 Å². The Morgan fingerprint density at radius 3 is 2.48 bits per heavy atom. The Morgan fingerprint density at radius 2 is 2.00 bits per heavy atom. The first-order valence-corrected chi connectivity index (χ1v) is 7.46. The molecule has 6 nitrogen and oxygen atoms in total. The van der Waals surface area contributed by atoms with E-state index in [9.17, 15) is 17.2 Å². The monoisotopic (exact) mass is 336 g/mol. The maximum absolute atomic E-state index is 13.7. The molecule has 3 N–H and O–H groups in total. The smallest absolute Gasteiger partial charge is 0.267 e. The van der Waals surface area contributed by atoms with Crippen molar-refractivity contribution in [2.45, 2.75) is 11.8 Å². The number of aromatic nitrogens is 2. The average Bonchev–Trinajstić information content (AvgIpc) is 2.58. The Labute approximate surface area is 124 Å². The largest absolute Gasteiger partial charge is 0.381 e. The molecule has 2 rings (SSSR count). The number of halogens is 3. The van der Waals surface area contributed by atoms with E-state index in [4.69, 9.17) is 17.3 Å². The van der Waals surface area contributed by atoms with Gasteiger partial charge in [0.25, 0.3) is 10.0 Å². The Bertz CT molecular complexity index is 797. The molecule has 0 aliphatic carbocycles. The van der Waals surface area contributed by atoms with Crippen LogP contribution in [0.3, 0.4) is 0 Å². The highest BCUT2D eigenvalue weighted by molar-refractivity contribution is 7.93. The molecule has 1 aromatic carbocycles. The Morgan fingerprint density at radius 1 is 1.38 bits per heavy atom. The second-order valence-corrected chi connectivity index (χ2v) is 6.30. The lowest BCUT2D eigenvalue weighted by Gasteiger charge is -2.10. The molecule has 1 aromatic heterocycles. The van der Waals surface area contributed by atoms with Gasteiger partial charge in [0.05, 0.1) is 10.7 Å². The highest BCUT2D eigenvalue weighted by Gasteiger charge is 2.26. The molecular formula is C11H11ClF2N4O2S. The highest BCUT2D eigenvalue weighted by Crippen LogP contribution is 2.30. The van der Waals surface area contributed by atoms with Crippen LogP contribution in [-0.2, 0) is 17.1 Å². The van der Waals surface area contributed by atoms with Crippen LogP contribution in [0, 0.1) is 18.6 Å². The molecular weight excluding hydrogens is 326 g/mol. The summed E-state index contributed by atoms with van der Waals surface area (Å²) in [5, 5.41) is 3.36. The number of nitrogen functional groups attached to an aromatic ring is 1. The van der Waals surface area contributed by atoms with Crippen molar-refractivity contribution in [3.8, 4) is 0 Å². The summed E-state index contributed by atoms with van der Waals surface area (Å²) >= 11 is 5.65. The predicted octanol–water partition coefficient (Wildman–Crippen LogP) is 2.04. The van der Waals surface area contributed by atoms with Crippen LogP contribution in [0.25, 0.3) is 0 Å². The quantitative estimate of drug-likeness (QED) is 0.897. The third-order valence-corrected chi connectivity index (χ3v) is 4.63. The van der Waals surface area contributed by atoms with Crippen molar-refractivity contribution in [2.75, 3.05) is 10.5 Å². The number of sulfonamides is 1. The minimum atomic E-state index is -4.22. The van der Waals surface area contributed by atoms with Crippen LogP contribution in [0.5, 0.6) is 0 Å². The average molecular weight is 337 g/mol. The number of hydrogen-bond acceptors (Lipinski definition) is 4. The topological polar surface area (TPSA) is 90.0 Å². The zero-order valence-corrected chi connectivity index (χ0v) is 12.6. The van der Waals surface area contributed by atoms with Crippen molar-refractivity contribution in [3.63, 3.8) is 0 Å². The molecule has 0 aliphatic heterocycles. The van der Waals surface area contributed by atoms with E-state index in [1.165, 1.54) is 18.7 Å². The van der Waals surface area contributed by atoms with Crippen molar-refractivity contribution in [1.29, 1.82) is 0 Å². The molecule has 0 saturated carbocycles. The van der Waals surface area contributed by atoms with Crippen molar-refractivity contribution >= 4 is 33.1 Å². The number of anilines is 2. The number of nitrogens with one attached hydrogen (secondary N) is 1. The summed E-state index contributed by atoms with van der Waals surface area (Å²) in [6, 6.07) is 1.31. The van der Waals surface area contributed by atoms with Gasteiger partial charge in [0.2, 0.25) is 0 Å². The van der Waals surface area contributed by atoms with Crippen LogP contribution in [-0.4, -0.2) is 18.2 Å². The fraction of sp³-hybridized carbons (Fsp3) is 0.182. The van der Waals surface area contributed by atoms with Gasteiger partial charge in [0.15, 0.2) is 16.5 Å². The van der Waals surface area contributed by atoms with Crippen LogP contribution in [0.4, 0.5) is 20.3 Å². The molecule has 0 amide bonds. The number of nitrogens with zero attached hydrogens (tertiary/aromatic N) is 2. The lowest BCUT2D eigenvalue weighted by Crippen LogP contribution is -2.16. The Balaban J connectivity index is 2.53. The maximum atomic E-state index is 13.7. The molecule has 0 aliphatic rings. The third kappa shape index (κ3) is 2.79. The van der Waals surface area contributed by atoms with Gasteiger partial charge in [-0.1, -0.05) is 11.6 Å². The minimum absolute atomic E-state index is 0.235. The molecule has 0 atom stereocenters. The SMILES string of the molecule is Cc1c(S(=O)(=O)Nc2c(F)cc(F)cc2Cl)c(N)nn1C. The first-order chi connectivity index (χ1) is 9.63. The molecule has 0 unspecified atom stereocenters. The standard InChI is InChI=1S/C11H11ClF2N4O2S/c1-5-10(11(15)16-18(5)2)21(19,20)17-9-7(12)3-6(13)4-8(9)14/h3-4,17H,1-2H3,(H2,15,16). The van der Waals surface area contributed by atoms with Gasteiger partial charge in [0, 0.05) is 13.1 Å². The lowest BCUT2D eigenvalue weighted by atomic mass is 10.3. The first kappa shape index (κ1) is 15.5. The maximum Gasteiger partial charge on any atom is 0.267 e. The van der Waals surface area contributed by atoms with E-state index in [0.717, 1.165) is 6.07 Å². The number of rotatable bonds is 3. The zero-order chi connectivity index (χ0) is 15.9. The van der Waals surface area contributed by atoms with Crippen molar-refractivity contribution in [2.24, 2.45) is 7.05 Å². The van der Waals surface area contributed by atoms with Crippen LogP contribution in [0.1, 0.15) is 5.69 Å². The summed E-state index contributed by atoms with van der Waals surface area (Å²) in [6.45, 7) is 1.49. The van der Waals surface area contributed by atoms with Gasteiger partial charge < -0.3 is 5.73 Å². The lowest BCUT2D eigenvalue weighted by molar-refractivity contribution is 0.582. The molecule has 0 saturated heterocycles. The molecule has 114 valence electrons. The molecule has 21 heavy (non-hydrogen) atoms. The van der Waals surface area contributed by atoms with Gasteiger partial charge in [0.1, 0.15) is 11.5 Å². The van der Waals surface area contributed by atoms with Crippen molar-refractivity contribution < 1.29 is 17.2 Å². The fourth-order valence-electron chi connectivity index (χ4n) is 1.77. The summed E-state index contributed by atoms with van der Waals surface area (Å²) < 4.78 is 54.4. The van der Waals surface area contributed by atoms with Gasteiger partial charge in [-0.25, -0.2) is 17.2 Å². The minimum Gasteiger partial charge on any atom is -0.381 e. The highest BCUT2D eigenvalue weighted by atomic mass is 35.5. The van der Waals surface area contributed by atoms with Gasteiger partial charge >= 0.3 is 0 Å². The normalized spacial score (nSPS) is 11.7. The summed E-state index contributed by atoms with van der Waals surface area (Å²) in [7, 11) is -2.71. The second-order valence-electron chi connectivity index (χ2n) is 4.27. The molecule has 1 heterocycles. The van der Waals surface area contributed by atoms with E-state index in [2.05, 4.69) is 5.10 Å².